The number of anilines is 1. The molecule has 1 aliphatic heterocycles. The van der Waals surface area contributed by atoms with E-state index >= 15 is 0 Å². The summed E-state index contributed by atoms with van der Waals surface area (Å²) in [7, 11) is 0. The minimum Gasteiger partial charge on any atom is -0.346 e. The largest absolute Gasteiger partial charge is 0.346 e. The van der Waals surface area contributed by atoms with Crippen LogP contribution in [0.1, 0.15) is 16.8 Å². The molecule has 0 radical (unpaired) electrons. The van der Waals surface area contributed by atoms with Gasteiger partial charge in [0.25, 0.3) is 0 Å². The number of benzene rings is 1. The first-order chi connectivity index (χ1) is 9.13. The van der Waals surface area contributed by atoms with Gasteiger partial charge in [-0.25, -0.2) is 0 Å². The van der Waals surface area contributed by atoms with Gasteiger partial charge in [0.1, 0.15) is 0 Å². The van der Waals surface area contributed by atoms with Gasteiger partial charge in [0.05, 0.1) is 0 Å². The van der Waals surface area contributed by atoms with Crippen LogP contribution in [0.5, 0.6) is 0 Å². The van der Waals surface area contributed by atoms with Crippen LogP contribution in [0, 0.1) is 0 Å². The Hall–Kier alpha value is -2.21. The number of ketones is 1. The van der Waals surface area contributed by atoms with Crippen LogP contribution in [-0.4, -0.2) is 37.2 Å². The summed E-state index contributed by atoms with van der Waals surface area (Å²) in [6, 6.07) is 6.63. The van der Waals surface area contributed by atoms with E-state index in [1.54, 1.807) is 24.3 Å². The quantitative estimate of drug-likeness (QED) is 0.574. The molecule has 1 saturated heterocycles. The topological polar surface area (TPSA) is 92.5 Å². The molecule has 6 heteroatoms. The molecule has 2 amide bonds. The van der Waals surface area contributed by atoms with Crippen LogP contribution < -0.4 is 16.0 Å². The Morgan fingerprint density at radius 2 is 1.95 bits per heavy atom. The van der Waals surface area contributed by atoms with Gasteiger partial charge in [0.15, 0.2) is 5.78 Å². The number of carbonyl (C=O) groups excluding carboxylic acids is 3. The van der Waals surface area contributed by atoms with E-state index in [4.69, 9.17) is 5.73 Å². The molecule has 0 atom stereocenters. The second-order valence-corrected chi connectivity index (χ2v) is 4.22. The van der Waals surface area contributed by atoms with Crippen LogP contribution in [-0.2, 0) is 9.59 Å². The van der Waals surface area contributed by atoms with Crippen LogP contribution in [0.4, 0.5) is 5.69 Å². The average molecular weight is 261 g/mol. The lowest BCUT2D eigenvalue weighted by Crippen LogP contribution is -2.52. The number of rotatable bonds is 4. The number of nitrogens with zero attached hydrogens (tertiary/aromatic N) is 1. The molecule has 1 aromatic carbocycles. The van der Waals surface area contributed by atoms with Crippen molar-refractivity contribution in [1.29, 1.82) is 0 Å². The third-order valence-electron chi connectivity index (χ3n) is 2.93. The first kappa shape index (κ1) is 13.2. The molecule has 0 aliphatic carbocycles. The van der Waals surface area contributed by atoms with E-state index in [1.165, 1.54) is 4.90 Å². The summed E-state index contributed by atoms with van der Waals surface area (Å²) in [5.41, 5.74) is 6.50. The van der Waals surface area contributed by atoms with Crippen molar-refractivity contribution in [3.8, 4) is 0 Å². The molecule has 1 aromatic rings. The van der Waals surface area contributed by atoms with E-state index in [0.29, 0.717) is 37.3 Å². The fraction of sp³-hybridized carbons (Fsp3) is 0.308. The zero-order valence-electron chi connectivity index (χ0n) is 10.4. The van der Waals surface area contributed by atoms with E-state index in [2.05, 4.69) is 5.32 Å². The second-order valence-electron chi connectivity index (χ2n) is 4.22. The maximum Gasteiger partial charge on any atom is 0.316 e. The molecule has 0 spiro atoms. The molecule has 0 saturated carbocycles. The molecular formula is C13H15N3O3. The van der Waals surface area contributed by atoms with Crippen molar-refractivity contribution in [2.45, 2.75) is 6.42 Å². The number of Topliss-reactive ketones (excluding diaryl/α,β-unsaturated/α-hetero) is 1. The Kier molecular flexibility index (Phi) is 3.91. The van der Waals surface area contributed by atoms with Crippen LogP contribution in [0.2, 0.25) is 0 Å². The van der Waals surface area contributed by atoms with Crippen LogP contribution >= 0.6 is 0 Å². The lowest BCUT2D eigenvalue weighted by atomic mass is 10.1. The van der Waals surface area contributed by atoms with Gasteiger partial charge in [0.2, 0.25) is 0 Å². The zero-order chi connectivity index (χ0) is 13.8. The van der Waals surface area contributed by atoms with Crippen LogP contribution in [0.15, 0.2) is 24.3 Å². The summed E-state index contributed by atoms with van der Waals surface area (Å²) < 4.78 is 0. The summed E-state index contributed by atoms with van der Waals surface area (Å²) in [5.74, 6) is -1.21. The molecule has 19 heavy (non-hydrogen) atoms. The van der Waals surface area contributed by atoms with Crippen molar-refractivity contribution in [2.24, 2.45) is 5.73 Å². The lowest BCUT2D eigenvalue weighted by molar-refractivity contribution is -0.138. The number of hydrogen-bond acceptors (Lipinski definition) is 4. The van der Waals surface area contributed by atoms with Gasteiger partial charge in [-0.1, -0.05) is 0 Å². The van der Waals surface area contributed by atoms with Gasteiger partial charge in [-0.05, 0) is 30.8 Å². The molecule has 0 bridgehead atoms. The monoisotopic (exact) mass is 261 g/mol. The molecule has 0 aromatic heterocycles. The standard InChI is InChI=1S/C13H15N3O3/c14-6-5-11(17)9-1-3-10(4-2-9)16-8-7-15-12(18)13(16)19/h1-4H,5-8,14H2,(H,15,18). The summed E-state index contributed by atoms with van der Waals surface area (Å²) >= 11 is 0. The van der Waals surface area contributed by atoms with Crippen molar-refractivity contribution in [1.82, 2.24) is 5.32 Å². The predicted octanol–water partition coefficient (Wildman–Crippen LogP) is -0.319. The van der Waals surface area contributed by atoms with Crippen molar-refractivity contribution < 1.29 is 14.4 Å². The lowest BCUT2D eigenvalue weighted by Gasteiger charge is -2.26. The highest BCUT2D eigenvalue weighted by Gasteiger charge is 2.27. The summed E-state index contributed by atoms with van der Waals surface area (Å²) in [6.07, 6.45) is 0.296. The normalized spacial score (nSPS) is 15.3. The molecule has 0 unspecified atom stereocenters. The maximum atomic E-state index is 11.7. The number of nitrogens with two attached hydrogens (primary N) is 1. The summed E-state index contributed by atoms with van der Waals surface area (Å²) in [6.45, 7) is 1.17. The highest BCUT2D eigenvalue weighted by Crippen LogP contribution is 2.17. The minimum atomic E-state index is -0.602. The van der Waals surface area contributed by atoms with Crippen molar-refractivity contribution in [3.63, 3.8) is 0 Å². The number of hydrogen-bond donors (Lipinski definition) is 2. The first-order valence-electron chi connectivity index (χ1n) is 6.06. The molecular weight excluding hydrogens is 246 g/mol. The van der Waals surface area contributed by atoms with Crippen molar-refractivity contribution in [3.05, 3.63) is 29.8 Å². The fourth-order valence-corrected chi connectivity index (χ4v) is 1.93. The molecule has 100 valence electrons. The molecule has 3 N–H and O–H groups in total. The Balaban J connectivity index is 2.16. The maximum absolute atomic E-state index is 11.7. The van der Waals surface area contributed by atoms with Crippen molar-refractivity contribution in [2.75, 3.05) is 24.5 Å². The molecule has 6 nitrogen and oxygen atoms in total. The third-order valence-corrected chi connectivity index (χ3v) is 2.93. The Bertz CT molecular complexity index is 510. The summed E-state index contributed by atoms with van der Waals surface area (Å²) in [5, 5.41) is 2.48. The Labute approximate surface area is 110 Å². The number of amides is 2. The molecule has 2 rings (SSSR count). The molecule has 1 fully saturated rings. The zero-order valence-corrected chi connectivity index (χ0v) is 10.4. The molecule has 1 heterocycles. The van der Waals surface area contributed by atoms with E-state index in [-0.39, 0.29) is 5.78 Å². The highest BCUT2D eigenvalue weighted by molar-refractivity contribution is 6.41. The van der Waals surface area contributed by atoms with Gasteiger partial charge < -0.3 is 16.0 Å². The van der Waals surface area contributed by atoms with Crippen molar-refractivity contribution >= 4 is 23.3 Å². The third kappa shape index (κ3) is 2.79. The van der Waals surface area contributed by atoms with Gasteiger partial charge >= 0.3 is 11.8 Å². The second kappa shape index (κ2) is 5.62. The van der Waals surface area contributed by atoms with Gasteiger partial charge in [-0.15, -0.1) is 0 Å². The van der Waals surface area contributed by atoms with Crippen LogP contribution in [0.25, 0.3) is 0 Å². The number of piperazine rings is 1. The molecule has 1 aliphatic rings. The summed E-state index contributed by atoms with van der Waals surface area (Å²) in [4.78, 5) is 36.0. The Morgan fingerprint density at radius 1 is 1.26 bits per heavy atom. The number of nitrogens with one attached hydrogen (secondary N) is 1. The van der Waals surface area contributed by atoms with Crippen LogP contribution in [0.3, 0.4) is 0 Å². The minimum absolute atomic E-state index is 0.0308. The van der Waals surface area contributed by atoms with Gasteiger partial charge in [-0.3, -0.25) is 14.4 Å². The van der Waals surface area contributed by atoms with E-state index < -0.39 is 11.8 Å². The van der Waals surface area contributed by atoms with Gasteiger partial charge in [0, 0.05) is 30.8 Å². The fourth-order valence-electron chi connectivity index (χ4n) is 1.93. The average Bonchev–Trinajstić information content (AvgIpc) is 2.42. The first-order valence-corrected chi connectivity index (χ1v) is 6.06. The number of carbonyl (C=O) groups is 3. The van der Waals surface area contributed by atoms with E-state index in [0.717, 1.165) is 0 Å². The predicted molar refractivity (Wildman–Crippen MR) is 69.8 cm³/mol. The van der Waals surface area contributed by atoms with E-state index in [9.17, 15) is 14.4 Å². The van der Waals surface area contributed by atoms with E-state index in [1.807, 2.05) is 0 Å². The highest BCUT2D eigenvalue weighted by atomic mass is 16.2. The SMILES string of the molecule is NCCC(=O)c1ccc(N2CCNC(=O)C2=O)cc1. The van der Waals surface area contributed by atoms with Gasteiger partial charge in [-0.2, -0.15) is 0 Å². The smallest absolute Gasteiger partial charge is 0.316 e. The Morgan fingerprint density at radius 3 is 2.58 bits per heavy atom.